The second kappa shape index (κ2) is 5.53. The van der Waals surface area contributed by atoms with Gasteiger partial charge in [0.15, 0.2) is 0 Å². The van der Waals surface area contributed by atoms with E-state index in [0.29, 0.717) is 0 Å². The Bertz CT molecular complexity index is 532. The maximum absolute atomic E-state index is 4.48. The molecule has 0 saturated carbocycles. The van der Waals surface area contributed by atoms with E-state index in [4.69, 9.17) is 0 Å². The van der Waals surface area contributed by atoms with E-state index in [9.17, 15) is 0 Å². The average molecular weight is 305 g/mol. The van der Waals surface area contributed by atoms with Gasteiger partial charge in [-0.3, -0.25) is 0 Å². The van der Waals surface area contributed by atoms with E-state index in [1.807, 2.05) is 12.3 Å². The summed E-state index contributed by atoms with van der Waals surface area (Å²) in [4.78, 5) is 6.62. The molecular weight excluding hydrogens is 288 g/mol. The van der Waals surface area contributed by atoms with Gasteiger partial charge < -0.3 is 4.90 Å². The number of anilines is 2. The van der Waals surface area contributed by atoms with Gasteiger partial charge in [0.2, 0.25) is 0 Å². The highest BCUT2D eigenvalue weighted by Crippen LogP contribution is 2.27. The molecule has 0 aliphatic carbocycles. The molecule has 3 heteroatoms. The summed E-state index contributed by atoms with van der Waals surface area (Å²) in [6.45, 7) is 4.24. The van der Waals surface area contributed by atoms with Crippen molar-refractivity contribution in [2.45, 2.75) is 19.2 Å². The highest BCUT2D eigenvalue weighted by Gasteiger charge is 2.10. The van der Waals surface area contributed by atoms with Crippen LogP contribution in [0.3, 0.4) is 0 Å². The molecule has 0 atom stereocenters. The summed E-state index contributed by atoms with van der Waals surface area (Å²) in [6.07, 6.45) is 1.83. The molecular formula is C15H17BrN2. The molecule has 0 aliphatic rings. The molecule has 18 heavy (non-hydrogen) atoms. The predicted molar refractivity (Wildman–Crippen MR) is 80.8 cm³/mol. The number of hydrogen-bond donors (Lipinski definition) is 0. The number of pyridine rings is 1. The van der Waals surface area contributed by atoms with Crippen LogP contribution in [0.15, 0.2) is 36.5 Å². The minimum Gasteiger partial charge on any atom is -0.329 e. The van der Waals surface area contributed by atoms with Crippen molar-refractivity contribution in [1.29, 1.82) is 0 Å². The van der Waals surface area contributed by atoms with Crippen LogP contribution in [0.2, 0.25) is 0 Å². The normalized spacial score (nSPS) is 10.4. The van der Waals surface area contributed by atoms with E-state index < -0.39 is 0 Å². The lowest BCUT2D eigenvalue weighted by Gasteiger charge is -2.21. The number of aromatic nitrogens is 1. The Morgan fingerprint density at radius 1 is 1.17 bits per heavy atom. The third-order valence-corrected chi connectivity index (χ3v) is 3.53. The van der Waals surface area contributed by atoms with E-state index in [1.165, 1.54) is 22.4 Å². The van der Waals surface area contributed by atoms with Crippen molar-refractivity contribution >= 4 is 27.4 Å². The molecule has 0 amide bonds. The van der Waals surface area contributed by atoms with E-state index in [2.05, 4.69) is 71.0 Å². The zero-order valence-electron chi connectivity index (χ0n) is 10.9. The molecule has 2 aromatic rings. The summed E-state index contributed by atoms with van der Waals surface area (Å²) in [5, 5.41) is 0.811. The molecule has 1 aromatic carbocycles. The Kier molecular flexibility index (Phi) is 4.02. The molecule has 94 valence electrons. The first-order chi connectivity index (χ1) is 8.61. The molecule has 0 radical (unpaired) electrons. The van der Waals surface area contributed by atoms with E-state index in [0.717, 1.165) is 11.1 Å². The number of halogens is 1. The number of benzene rings is 1. The third-order valence-electron chi connectivity index (χ3n) is 2.92. The second-order valence-corrected chi connectivity index (χ2v) is 5.09. The van der Waals surface area contributed by atoms with Gasteiger partial charge in [0.25, 0.3) is 0 Å². The second-order valence-electron chi connectivity index (χ2n) is 4.52. The fourth-order valence-electron chi connectivity index (χ4n) is 2.10. The Hall–Kier alpha value is -1.35. The lowest BCUT2D eigenvalue weighted by atomic mass is 10.1. The summed E-state index contributed by atoms with van der Waals surface area (Å²) in [6, 6.07) is 10.6. The van der Waals surface area contributed by atoms with Crippen LogP contribution < -0.4 is 4.90 Å². The highest BCUT2D eigenvalue weighted by atomic mass is 79.9. The molecule has 0 aliphatic heterocycles. The lowest BCUT2D eigenvalue weighted by molar-refractivity contribution is 1.09. The van der Waals surface area contributed by atoms with Crippen LogP contribution in [-0.4, -0.2) is 12.0 Å². The number of aryl methyl sites for hydroxylation is 2. The molecule has 0 fully saturated rings. The van der Waals surface area contributed by atoms with Crippen molar-refractivity contribution in [1.82, 2.24) is 4.98 Å². The van der Waals surface area contributed by atoms with Crippen molar-refractivity contribution in [3.63, 3.8) is 0 Å². The van der Waals surface area contributed by atoms with Crippen LogP contribution >= 0.6 is 15.9 Å². The highest BCUT2D eigenvalue weighted by molar-refractivity contribution is 9.08. The molecule has 1 heterocycles. The molecule has 2 rings (SSSR count). The zero-order valence-corrected chi connectivity index (χ0v) is 12.5. The monoisotopic (exact) mass is 304 g/mol. The Morgan fingerprint density at radius 2 is 1.83 bits per heavy atom. The van der Waals surface area contributed by atoms with Gasteiger partial charge in [-0.05, 0) is 43.2 Å². The molecule has 0 N–H and O–H groups in total. The van der Waals surface area contributed by atoms with Gasteiger partial charge in [0.05, 0.1) is 0 Å². The van der Waals surface area contributed by atoms with Crippen molar-refractivity contribution in [3.05, 3.63) is 53.2 Å². The van der Waals surface area contributed by atoms with Crippen LogP contribution in [0.5, 0.6) is 0 Å². The summed E-state index contributed by atoms with van der Waals surface area (Å²) in [5.74, 6) is 0.999. The van der Waals surface area contributed by atoms with Gasteiger partial charge in [0, 0.05) is 29.8 Å². The van der Waals surface area contributed by atoms with Gasteiger partial charge in [-0.15, -0.1) is 0 Å². The topological polar surface area (TPSA) is 16.1 Å². The Balaban J connectivity index is 2.44. The minimum absolute atomic E-state index is 0.811. The largest absolute Gasteiger partial charge is 0.329 e. The SMILES string of the molecule is Cc1cc(C)cc(N(C)c2ncccc2CBr)c1. The van der Waals surface area contributed by atoms with Crippen LogP contribution in [0.25, 0.3) is 0 Å². The summed E-state index contributed by atoms with van der Waals surface area (Å²) in [7, 11) is 2.06. The molecule has 0 unspecified atom stereocenters. The molecule has 1 aromatic heterocycles. The standard InChI is InChI=1S/C15H17BrN2/c1-11-7-12(2)9-14(8-11)18(3)15-13(10-16)5-4-6-17-15/h4-9H,10H2,1-3H3. The van der Waals surface area contributed by atoms with E-state index in [1.54, 1.807) is 0 Å². The van der Waals surface area contributed by atoms with E-state index in [-0.39, 0.29) is 0 Å². The third kappa shape index (κ3) is 2.72. The summed E-state index contributed by atoms with van der Waals surface area (Å²) >= 11 is 3.51. The average Bonchev–Trinajstić information content (AvgIpc) is 2.36. The molecule has 0 saturated heterocycles. The van der Waals surface area contributed by atoms with Gasteiger partial charge in [0.1, 0.15) is 5.82 Å². The van der Waals surface area contributed by atoms with Crippen LogP contribution in [0, 0.1) is 13.8 Å². The van der Waals surface area contributed by atoms with Gasteiger partial charge >= 0.3 is 0 Å². The van der Waals surface area contributed by atoms with Gasteiger partial charge in [-0.1, -0.05) is 28.1 Å². The van der Waals surface area contributed by atoms with Crippen LogP contribution in [0.1, 0.15) is 16.7 Å². The number of rotatable bonds is 3. The Labute approximate surface area is 117 Å². The van der Waals surface area contributed by atoms with Crippen molar-refractivity contribution in [2.24, 2.45) is 0 Å². The van der Waals surface area contributed by atoms with Crippen LogP contribution in [-0.2, 0) is 5.33 Å². The molecule has 0 bridgehead atoms. The van der Waals surface area contributed by atoms with Gasteiger partial charge in [-0.2, -0.15) is 0 Å². The first-order valence-electron chi connectivity index (χ1n) is 5.93. The van der Waals surface area contributed by atoms with Crippen LogP contribution in [0.4, 0.5) is 11.5 Å². The quantitative estimate of drug-likeness (QED) is 0.783. The number of alkyl halides is 1. The summed E-state index contributed by atoms with van der Waals surface area (Å²) < 4.78 is 0. The van der Waals surface area contributed by atoms with Crippen molar-refractivity contribution in [3.8, 4) is 0 Å². The maximum Gasteiger partial charge on any atom is 0.136 e. The number of hydrogen-bond acceptors (Lipinski definition) is 2. The first-order valence-corrected chi connectivity index (χ1v) is 7.06. The first kappa shape index (κ1) is 13.1. The zero-order chi connectivity index (χ0) is 13.1. The predicted octanol–water partition coefficient (Wildman–Crippen LogP) is 4.36. The van der Waals surface area contributed by atoms with Crippen molar-refractivity contribution in [2.75, 3.05) is 11.9 Å². The maximum atomic E-state index is 4.48. The fraction of sp³-hybridized carbons (Fsp3) is 0.267. The molecule has 0 spiro atoms. The summed E-state index contributed by atoms with van der Waals surface area (Å²) in [5.41, 5.74) is 4.91. The number of nitrogens with zero attached hydrogens (tertiary/aromatic N) is 2. The van der Waals surface area contributed by atoms with Crippen molar-refractivity contribution < 1.29 is 0 Å². The van der Waals surface area contributed by atoms with Gasteiger partial charge in [-0.25, -0.2) is 4.98 Å². The fourth-order valence-corrected chi connectivity index (χ4v) is 2.54. The van der Waals surface area contributed by atoms with E-state index >= 15 is 0 Å². The lowest BCUT2D eigenvalue weighted by Crippen LogP contribution is -2.13. The molecule has 2 nitrogen and oxygen atoms in total. The Morgan fingerprint density at radius 3 is 2.44 bits per heavy atom. The smallest absolute Gasteiger partial charge is 0.136 e. The minimum atomic E-state index is 0.811.